The van der Waals surface area contributed by atoms with Crippen molar-refractivity contribution in [2.75, 3.05) is 18.0 Å². The molecule has 0 amide bonds. The van der Waals surface area contributed by atoms with Crippen LogP contribution in [0.1, 0.15) is 11.1 Å². The lowest BCUT2D eigenvalue weighted by atomic mass is 9.91. The second-order valence-corrected chi connectivity index (χ2v) is 7.01. The average Bonchev–Trinajstić information content (AvgIpc) is 2.73. The van der Waals surface area contributed by atoms with Crippen molar-refractivity contribution in [1.82, 2.24) is 4.98 Å². The summed E-state index contributed by atoms with van der Waals surface area (Å²) in [5.74, 6) is 1.48. The van der Waals surface area contributed by atoms with Gasteiger partial charge in [0.05, 0.1) is 11.8 Å². The summed E-state index contributed by atoms with van der Waals surface area (Å²) in [7, 11) is 0. The van der Waals surface area contributed by atoms with Crippen molar-refractivity contribution in [3.05, 3.63) is 78.1 Å². The van der Waals surface area contributed by atoms with Crippen molar-refractivity contribution in [1.29, 1.82) is 0 Å². The first-order valence-corrected chi connectivity index (χ1v) is 9.30. The first-order chi connectivity index (χ1) is 14.0. The van der Waals surface area contributed by atoms with Gasteiger partial charge in [-0.1, -0.05) is 6.07 Å². The molecular formula is C22H20F3N3O. The van der Waals surface area contributed by atoms with Crippen molar-refractivity contribution in [2.45, 2.75) is 12.6 Å². The predicted molar refractivity (Wildman–Crippen MR) is 105 cm³/mol. The van der Waals surface area contributed by atoms with Gasteiger partial charge in [-0.3, -0.25) is 4.98 Å². The highest BCUT2D eigenvalue weighted by Gasteiger charge is 2.31. The zero-order valence-corrected chi connectivity index (χ0v) is 15.6. The monoisotopic (exact) mass is 399 g/mol. The first-order valence-electron chi connectivity index (χ1n) is 9.30. The molecule has 1 aliphatic rings. The number of pyridine rings is 1. The van der Waals surface area contributed by atoms with Gasteiger partial charge < -0.3 is 15.4 Å². The van der Waals surface area contributed by atoms with E-state index in [1.165, 1.54) is 12.1 Å². The van der Waals surface area contributed by atoms with Crippen LogP contribution in [0.15, 0.2) is 67.0 Å². The highest BCUT2D eigenvalue weighted by Crippen LogP contribution is 2.41. The standard InChI is InChI=1S/C22H20F3N3O/c23-22(24,25)16-6-8-17(9-7-16)28-14-15(12-26)11-19-20(28)4-1-5-21(19)29-18-3-2-10-27-13-18/h1-10,13,15H,11-12,14,26H2. The van der Waals surface area contributed by atoms with E-state index in [4.69, 9.17) is 10.5 Å². The lowest BCUT2D eigenvalue weighted by molar-refractivity contribution is -0.137. The number of hydrogen-bond acceptors (Lipinski definition) is 4. The number of anilines is 2. The van der Waals surface area contributed by atoms with Gasteiger partial charge in [0.25, 0.3) is 0 Å². The Labute approximate surface area is 166 Å². The number of nitrogens with two attached hydrogens (primary N) is 1. The summed E-state index contributed by atoms with van der Waals surface area (Å²) in [5, 5.41) is 0. The van der Waals surface area contributed by atoms with Gasteiger partial charge in [-0.2, -0.15) is 13.2 Å². The minimum absolute atomic E-state index is 0.156. The van der Waals surface area contributed by atoms with E-state index in [9.17, 15) is 13.2 Å². The minimum Gasteiger partial charge on any atom is -0.455 e. The molecule has 150 valence electrons. The Morgan fingerprint density at radius 3 is 2.52 bits per heavy atom. The topological polar surface area (TPSA) is 51.4 Å². The van der Waals surface area contributed by atoms with Gasteiger partial charge in [-0.05, 0) is 67.4 Å². The third-order valence-electron chi connectivity index (χ3n) is 5.03. The summed E-state index contributed by atoms with van der Waals surface area (Å²) < 4.78 is 44.8. The Bertz CT molecular complexity index is 975. The van der Waals surface area contributed by atoms with Gasteiger partial charge in [-0.25, -0.2) is 0 Å². The second kappa shape index (κ2) is 7.75. The number of rotatable bonds is 4. The SMILES string of the molecule is NCC1Cc2c(Oc3cccnc3)cccc2N(c2ccc(C(F)(F)F)cc2)C1. The molecule has 1 aliphatic heterocycles. The van der Waals surface area contributed by atoms with E-state index in [2.05, 4.69) is 4.98 Å². The molecule has 0 bridgehead atoms. The van der Waals surface area contributed by atoms with Gasteiger partial charge in [0.15, 0.2) is 0 Å². The van der Waals surface area contributed by atoms with E-state index in [1.54, 1.807) is 18.5 Å². The Kier molecular flexibility index (Phi) is 5.15. The Morgan fingerprint density at radius 1 is 1.07 bits per heavy atom. The van der Waals surface area contributed by atoms with Gasteiger partial charge >= 0.3 is 6.18 Å². The number of hydrogen-bond donors (Lipinski definition) is 1. The number of nitrogens with zero attached hydrogens (tertiary/aromatic N) is 2. The number of alkyl halides is 3. The maximum absolute atomic E-state index is 12.9. The molecule has 2 heterocycles. The van der Waals surface area contributed by atoms with E-state index in [1.807, 2.05) is 29.2 Å². The van der Waals surface area contributed by atoms with E-state index in [0.717, 1.165) is 29.8 Å². The van der Waals surface area contributed by atoms with Crippen LogP contribution in [0.3, 0.4) is 0 Å². The van der Waals surface area contributed by atoms with Crippen molar-refractivity contribution in [3.63, 3.8) is 0 Å². The van der Waals surface area contributed by atoms with Gasteiger partial charge in [0.1, 0.15) is 11.5 Å². The fraction of sp³-hybridized carbons (Fsp3) is 0.227. The van der Waals surface area contributed by atoms with Crippen LogP contribution in [0.25, 0.3) is 0 Å². The molecule has 4 nitrogen and oxygen atoms in total. The zero-order valence-electron chi connectivity index (χ0n) is 15.6. The summed E-state index contributed by atoms with van der Waals surface area (Å²) in [5.41, 5.74) is 7.88. The maximum atomic E-state index is 12.9. The van der Waals surface area contributed by atoms with Crippen molar-refractivity contribution in [3.8, 4) is 11.5 Å². The molecule has 0 spiro atoms. The molecular weight excluding hydrogens is 379 g/mol. The van der Waals surface area contributed by atoms with E-state index >= 15 is 0 Å². The number of ether oxygens (including phenoxy) is 1. The van der Waals surface area contributed by atoms with Crippen LogP contribution >= 0.6 is 0 Å². The van der Waals surface area contributed by atoms with Gasteiger partial charge in [-0.15, -0.1) is 0 Å². The molecule has 0 radical (unpaired) electrons. The minimum atomic E-state index is -4.36. The molecule has 0 saturated carbocycles. The van der Waals surface area contributed by atoms with Crippen LogP contribution in [0.5, 0.6) is 11.5 Å². The predicted octanol–water partition coefficient (Wildman–Crippen LogP) is 5.16. The molecule has 29 heavy (non-hydrogen) atoms. The lowest BCUT2D eigenvalue weighted by Crippen LogP contribution is -2.36. The maximum Gasteiger partial charge on any atom is 0.416 e. The highest BCUT2D eigenvalue weighted by molar-refractivity contribution is 5.71. The first kappa shape index (κ1) is 19.3. The molecule has 4 rings (SSSR count). The number of aromatic nitrogens is 1. The van der Waals surface area contributed by atoms with Crippen LogP contribution < -0.4 is 15.4 Å². The van der Waals surface area contributed by atoms with Crippen LogP contribution in [0, 0.1) is 5.92 Å². The van der Waals surface area contributed by atoms with E-state index < -0.39 is 11.7 Å². The molecule has 1 aromatic heterocycles. The van der Waals surface area contributed by atoms with Crippen molar-refractivity contribution in [2.24, 2.45) is 11.7 Å². The third kappa shape index (κ3) is 4.05. The van der Waals surface area contributed by atoms with Crippen molar-refractivity contribution >= 4 is 11.4 Å². The lowest BCUT2D eigenvalue weighted by Gasteiger charge is -2.36. The van der Waals surface area contributed by atoms with E-state index in [-0.39, 0.29) is 5.92 Å². The van der Waals surface area contributed by atoms with Crippen LogP contribution in [0.2, 0.25) is 0 Å². The summed E-state index contributed by atoms with van der Waals surface area (Å²) in [6, 6.07) is 14.6. The smallest absolute Gasteiger partial charge is 0.416 e. The summed E-state index contributed by atoms with van der Waals surface area (Å²) >= 11 is 0. The number of benzene rings is 2. The number of fused-ring (bicyclic) bond motifs is 1. The van der Waals surface area contributed by atoms with Gasteiger partial charge in [0.2, 0.25) is 0 Å². The van der Waals surface area contributed by atoms with Crippen LogP contribution in [-0.2, 0) is 12.6 Å². The zero-order chi connectivity index (χ0) is 20.4. The fourth-order valence-electron chi connectivity index (χ4n) is 3.58. The third-order valence-corrected chi connectivity index (χ3v) is 5.03. The van der Waals surface area contributed by atoms with Crippen molar-refractivity contribution < 1.29 is 17.9 Å². The molecule has 3 aromatic rings. The quantitative estimate of drug-likeness (QED) is 0.658. The highest BCUT2D eigenvalue weighted by atomic mass is 19.4. The Balaban J connectivity index is 1.72. The summed E-state index contributed by atoms with van der Waals surface area (Å²) in [6.07, 6.45) is -0.317. The molecule has 0 aliphatic carbocycles. The fourth-order valence-corrected chi connectivity index (χ4v) is 3.58. The molecule has 1 atom stereocenters. The molecule has 7 heteroatoms. The van der Waals surface area contributed by atoms with E-state index in [0.29, 0.717) is 30.3 Å². The molecule has 0 fully saturated rings. The molecule has 2 N–H and O–H groups in total. The van der Waals surface area contributed by atoms with Gasteiger partial charge in [0, 0.05) is 29.7 Å². The summed E-state index contributed by atoms with van der Waals surface area (Å²) in [4.78, 5) is 6.07. The largest absolute Gasteiger partial charge is 0.455 e. The summed E-state index contributed by atoms with van der Waals surface area (Å²) in [6.45, 7) is 1.10. The Morgan fingerprint density at radius 2 is 1.86 bits per heavy atom. The second-order valence-electron chi connectivity index (χ2n) is 7.01. The average molecular weight is 399 g/mol. The molecule has 1 unspecified atom stereocenters. The molecule has 2 aromatic carbocycles. The van der Waals surface area contributed by atoms with Crippen LogP contribution in [0.4, 0.5) is 24.5 Å². The Hall–Kier alpha value is -3.06. The normalized spacial score (nSPS) is 16.4. The number of halogens is 3. The molecule has 0 saturated heterocycles. The van der Waals surface area contributed by atoms with Crippen LogP contribution in [-0.4, -0.2) is 18.1 Å².